The summed E-state index contributed by atoms with van der Waals surface area (Å²) in [4.78, 5) is 11.7. The van der Waals surface area contributed by atoms with E-state index < -0.39 is 5.82 Å². The minimum Gasteiger partial charge on any atom is -0.492 e. The maximum atomic E-state index is 13.5. The van der Waals surface area contributed by atoms with E-state index >= 15 is 0 Å². The van der Waals surface area contributed by atoms with Crippen LogP contribution in [0.4, 0.5) is 4.39 Å². The molecular formula is C18H17BrClFN2O2. The predicted molar refractivity (Wildman–Crippen MR) is 101 cm³/mol. The van der Waals surface area contributed by atoms with Gasteiger partial charge in [0.15, 0.2) is 0 Å². The number of aryl methyl sites for hydroxylation is 1. The zero-order chi connectivity index (χ0) is 18.2. The molecule has 25 heavy (non-hydrogen) atoms. The first-order valence-electron chi connectivity index (χ1n) is 7.62. The van der Waals surface area contributed by atoms with E-state index in [0.29, 0.717) is 13.0 Å². The number of hydrogen-bond acceptors (Lipinski definition) is 3. The van der Waals surface area contributed by atoms with Crippen molar-refractivity contribution in [2.24, 2.45) is 5.10 Å². The molecule has 0 heterocycles. The molecule has 2 aromatic carbocycles. The molecule has 1 amide bonds. The number of nitrogens with zero attached hydrogens (tertiary/aromatic N) is 1. The highest BCUT2D eigenvalue weighted by atomic mass is 79.9. The van der Waals surface area contributed by atoms with Gasteiger partial charge in [-0.05, 0) is 59.1 Å². The first-order valence-corrected chi connectivity index (χ1v) is 8.79. The van der Waals surface area contributed by atoms with Gasteiger partial charge in [0.05, 0.1) is 22.3 Å². The van der Waals surface area contributed by atoms with Gasteiger partial charge in [-0.15, -0.1) is 0 Å². The summed E-state index contributed by atoms with van der Waals surface area (Å²) in [6.45, 7) is 2.39. The number of ether oxygens (including phenoxy) is 1. The lowest BCUT2D eigenvalue weighted by Crippen LogP contribution is -2.18. The molecule has 132 valence electrons. The summed E-state index contributed by atoms with van der Waals surface area (Å²) < 4.78 is 20.0. The van der Waals surface area contributed by atoms with Crippen LogP contribution in [-0.2, 0) is 4.79 Å². The van der Waals surface area contributed by atoms with Crippen LogP contribution in [-0.4, -0.2) is 18.7 Å². The van der Waals surface area contributed by atoms with Crippen molar-refractivity contribution in [2.75, 3.05) is 6.61 Å². The molecular weight excluding hydrogens is 411 g/mol. The summed E-state index contributed by atoms with van der Waals surface area (Å²) in [5.41, 5.74) is 3.61. The molecule has 0 spiro atoms. The average molecular weight is 428 g/mol. The second kappa shape index (κ2) is 9.53. The summed E-state index contributed by atoms with van der Waals surface area (Å²) in [7, 11) is 0. The normalized spacial score (nSPS) is 10.9. The molecule has 0 aliphatic carbocycles. The van der Waals surface area contributed by atoms with Crippen molar-refractivity contribution in [1.82, 2.24) is 5.43 Å². The second-order valence-corrected chi connectivity index (χ2v) is 6.58. The van der Waals surface area contributed by atoms with Gasteiger partial charge in [0, 0.05) is 12.0 Å². The third-order valence-corrected chi connectivity index (χ3v) is 4.23. The maximum Gasteiger partial charge on any atom is 0.240 e. The predicted octanol–water partition coefficient (Wildman–Crippen LogP) is 4.86. The molecule has 0 unspecified atom stereocenters. The van der Waals surface area contributed by atoms with E-state index in [0.717, 1.165) is 15.8 Å². The zero-order valence-electron chi connectivity index (χ0n) is 13.6. The van der Waals surface area contributed by atoms with Gasteiger partial charge in [-0.3, -0.25) is 4.79 Å². The van der Waals surface area contributed by atoms with Crippen LogP contribution in [0.2, 0.25) is 5.02 Å². The summed E-state index contributed by atoms with van der Waals surface area (Å²) in [5, 5.41) is 3.96. The molecule has 7 heteroatoms. The van der Waals surface area contributed by atoms with Crippen molar-refractivity contribution >= 4 is 39.7 Å². The third-order valence-electron chi connectivity index (χ3n) is 3.28. The third kappa shape index (κ3) is 6.14. The smallest absolute Gasteiger partial charge is 0.240 e. The topological polar surface area (TPSA) is 50.7 Å². The summed E-state index contributed by atoms with van der Waals surface area (Å²) >= 11 is 9.29. The van der Waals surface area contributed by atoms with Crippen molar-refractivity contribution in [3.05, 3.63) is 62.8 Å². The fourth-order valence-electron chi connectivity index (χ4n) is 2.00. The van der Waals surface area contributed by atoms with Crippen LogP contribution >= 0.6 is 27.5 Å². The summed E-state index contributed by atoms with van der Waals surface area (Å²) in [6, 6.07) is 10.1. The van der Waals surface area contributed by atoms with E-state index in [2.05, 4.69) is 26.5 Å². The van der Waals surface area contributed by atoms with Gasteiger partial charge in [-0.25, -0.2) is 9.82 Å². The van der Waals surface area contributed by atoms with E-state index in [4.69, 9.17) is 16.3 Å². The Morgan fingerprint density at radius 3 is 2.92 bits per heavy atom. The Morgan fingerprint density at radius 2 is 2.20 bits per heavy atom. The lowest BCUT2D eigenvalue weighted by atomic mass is 10.2. The Hall–Kier alpha value is -1.92. The van der Waals surface area contributed by atoms with Crippen LogP contribution in [0, 0.1) is 12.7 Å². The number of hydrazone groups is 1. The number of halogens is 3. The van der Waals surface area contributed by atoms with Crippen LogP contribution < -0.4 is 10.2 Å². The number of hydrogen-bond donors (Lipinski definition) is 1. The van der Waals surface area contributed by atoms with Crippen molar-refractivity contribution in [3.63, 3.8) is 0 Å². The minimum atomic E-state index is -0.498. The van der Waals surface area contributed by atoms with Crippen LogP contribution in [0.25, 0.3) is 0 Å². The Bertz CT molecular complexity index is 763. The molecule has 2 rings (SSSR count). The minimum absolute atomic E-state index is 0.136. The monoisotopic (exact) mass is 426 g/mol. The van der Waals surface area contributed by atoms with Gasteiger partial charge in [0.2, 0.25) is 5.91 Å². The SMILES string of the molecule is Cc1ccc(OCCCC(=O)N/N=C/c2c(F)cccc2Cl)c(Br)c1. The molecule has 0 aliphatic rings. The standard InChI is InChI=1S/C18H17BrClFN2O2/c1-12-7-8-17(14(19)10-12)25-9-3-6-18(24)23-22-11-13-15(20)4-2-5-16(13)21/h2,4-5,7-8,10-11H,3,6,9H2,1H3,(H,23,24)/b22-11+. The highest BCUT2D eigenvalue weighted by Gasteiger charge is 2.05. The fraction of sp³-hybridized carbons (Fsp3) is 0.222. The number of nitrogens with one attached hydrogen (secondary N) is 1. The lowest BCUT2D eigenvalue weighted by Gasteiger charge is -2.08. The molecule has 0 atom stereocenters. The summed E-state index contributed by atoms with van der Waals surface area (Å²) in [5.74, 6) is -0.0453. The average Bonchev–Trinajstić information content (AvgIpc) is 2.56. The van der Waals surface area contributed by atoms with E-state index in [1.165, 1.54) is 18.3 Å². The molecule has 0 aromatic heterocycles. The molecule has 0 bridgehead atoms. The van der Waals surface area contributed by atoms with Gasteiger partial charge in [0.25, 0.3) is 0 Å². The van der Waals surface area contributed by atoms with E-state index in [-0.39, 0.29) is 22.9 Å². The Morgan fingerprint density at radius 1 is 1.40 bits per heavy atom. The molecule has 0 saturated carbocycles. The molecule has 0 saturated heterocycles. The van der Waals surface area contributed by atoms with Gasteiger partial charge >= 0.3 is 0 Å². The first kappa shape index (κ1) is 19.4. The Labute approximate surface area is 159 Å². The number of amides is 1. The van der Waals surface area contributed by atoms with Gasteiger partial charge < -0.3 is 4.74 Å². The van der Waals surface area contributed by atoms with Gasteiger partial charge in [0.1, 0.15) is 11.6 Å². The van der Waals surface area contributed by atoms with E-state index in [1.807, 2.05) is 25.1 Å². The number of carbonyl (C=O) groups is 1. The van der Waals surface area contributed by atoms with Crippen molar-refractivity contribution in [2.45, 2.75) is 19.8 Å². The van der Waals surface area contributed by atoms with Crippen LogP contribution in [0.15, 0.2) is 46.0 Å². The first-order chi connectivity index (χ1) is 12.0. The zero-order valence-corrected chi connectivity index (χ0v) is 15.9. The molecule has 0 fully saturated rings. The van der Waals surface area contributed by atoms with Gasteiger partial charge in [-0.2, -0.15) is 5.10 Å². The maximum absolute atomic E-state index is 13.5. The Kier molecular flexibility index (Phi) is 7.40. The molecule has 0 radical (unpaired) electrons. The van der Waals surface area contributed by atoms with Crippen molar-refractivity contribution in [1.29, 1.82) is 0 Å². The molecule has 2 aromatic rings. The van der Waals surface area contributed by atoms with Crippen molar-refractivity contribution in [3.8, 4) is 5.75 Å². The van der Waals surface area contributed by atoms with Gasteiger partial charge in [-0.1, -0.05) is 23.7 Å². The van der Waals surface area contributed by atoms with E-state index in [1.54, 1.807) is 6.07 Å². The number of benzene rings is 2. The van der Waals surface area contributed by atoms with E-state index in [9.17, 15) is 9.18 Å². The lowest BCUT2D eigenvalue weighted by molar-refractivity contribution is -0.121. The quantitative estimate of drug-likeness (QED) is 0.390. The highest BCUT2D eigenvalue weighted by Crippen LogP contribution is 2.25. The Balaban J connectivity index is 1.73. The molecule has 0 aliphatic heterocycles. The van der Waals surface area contributed by atoms with Crippen LogP contribution in [0.3, 0.4) is 0 Å². The summed E-state index contributed by atoms with van der Waals surface area (Å²) in [6.07, 6.45) is 1.96. The number of rotatable bonds is 7. The fourth-order valence-corrected chi connectivity index (χ4v) is 2.82. The number of carbonyl (C=O) groups excluding carboxylic acids is 1. The van der Waals surface area contributed by atoms with Crippen LogP contribution in [0.5, 0.6) is 5.75 Å². The largest absolute Gasteiger partial charge is 0.492 e. The highest BCUT2D eigenvalue weighted by molar-refractivity contribution is 9.10. The van der Waals surface area contributed by atoms with Crippen LogP contribution in [0.1, 0.15) is 24.0 Å². The van der Waals surface area contributed by atoms with Crippen molar-refractivity contribution < 1.29 is 13.9 Å². The molecule has 4 nitrogen and oxygen atoms in total. The molecule has 1 N–H and O–H groups in total. The second-order valence-electron chi connectivity index (χ2n) is 5.31.